The van der Waals surface area contributed by atoms with Crippen LogP contribution in [0.3, 0.4) is 0 Å². The number of carbonyl (C=O) groups is 1. The number of fused-ring (bicyclic) bond motifs is 1. The molecule has 0 N–H and O–H groups in total. The summed E-state index contributed by atoms with van der Waals surface area (Å²) in [6.45, 7) is 2.43. The average Bonchev–Trinajstić information content (AvgIpc) is 2.92. The van der Waals surface area contributed by atoms with Gasteiger partial charge in [0, 0.05) is 10.9 Å². The van der Waals surface area contributed by atoms with Gasteiger partial charge < -0.3 is 0 Å². The van der Waals surface area contributed by atoms with E-state index in [1.165, 1.54) is 5.56 Å². The Hall–Kier alpha value is -2.42. The first-order chi connectivity index (χ1) is 10.3. The summed E-state index contributed by atoms with van der Waals surface area (Å²) in [5.74, 6) is 0.0897. The molecule has 3 heteroatoms. The Kier molecular flexibility index (Phi) is 3.82. The van der Waals surface area contributed by atoms with Crippen molar-refractivity contribution in [2.24, 2.45) is 0 Å². The predicted molar refractivity (Wildman–Crippen MR) is 84.5 cm³/mol. The number of hydrogen-bond acceptors (Lipinski definition) is 2. The summed E-state index contributed by atoms with van der Waals surface area (Å²) >= 11 is 0. The number of benzene rings is 2. The minimum absolute atomic E-state index is 0.0897. The van der Waals surface area contributed by atoms with Gasteiger partial charge in [-0.2, -0.15) is 5.10 Å². The molecule has 0 bridgehead atoms. The number of para-hydroxylation sites is 1. The first-order valence-corrected chi connectivity index (χ1v) is 7.30. The molecule has 0 aliphatic heterocycles. The van der Waals surface area contributed by atoms with Gasteiger partial charge in [-0.25, -0.2) is 0 Å². The van der Waals surface area contributed by atoms with Gasteiger partial charge in [0.2, 0.25) is 0 Å². The van der Waals surface area contributed by atoms with Gasteiger partial charge in [0.15, 0.2) is 5.78 Å². The minimum atomic E-state index is 0.0897. The smallest absolute Gasteiger partial charge is 0.184 e. The topological polar surface area (TPSA) is 34.9 Å². The molecule has 0 amide bonds. The fourth-order valence-corrected chi connectivity index (χ4v) is 2.53. The molecule has 3 nitrogen and oxygen atoms in total. The summed E-state index contributed by atoms with van der Waals surface area (Å²) in [7, 11) is 0. The highest BCUT2D eigenvalue weighted by atomic mass is 16.1. The third kappa shape index (κ3) is 2.87. The van der Waals surface area contributed by atoms with E-state index in [0.717, 1.165) is 29.3 Å². The van der Waals surface area contributed by atoms with Crippen LogP contribution in [0.15, 0.2) is 54.7 Å². The lowest BCUT2D eigenvalue weighted by atomic mass is 10.1. The standard InChI is InChI=1S/C18H18N2O/c1-2-5-14-8-10-15(11-9-14)18(21)13-20-17-7-4-3-6-16(17)12-19-20/h3-4,6-12H,2,5,13H2,1H3. The number of rotatable bonds is 5. The molecule has 2 aromatic carbocycles. The van der Waals surface area contributed by atoms with Crippen molar-refractivity contribution in [3.63, 3.8) is 0 Å². The Morgan fingerprint density at radius 2 is 1.86 bits per heavy atom. The Bertz CT molecular complexity index is 756. The maximum Gasteiger partial charge on any atom is 0.184 e. The SMILES string of the molecule is CCCc1ccc(C(=O)Cn2ncc3ccccc32)cc1. The molecule has 0 unspecified atom stereocenters. The van der Waals surface area contributed by atoms with Crippen LogP contribution < -0.4 is 0 Å². The van der Waals surface area contributed by atoms with Crippen molar-refractivity contribution in [2.75, 3.05) is 0 Å². The summed E-state index contributed by atoms with van der Waals surface area (Å²) in [6, 6.07) is 15.8. The van der Waals surface area contributed by atoms with Crippen LogP contribution in [0.2, 0.25) is 0 Å². The quantitative estimate of drug-likeness (QED) is 0.664. The number of carbonyl (C=O) groups excluding carboxylic acids is 1. The average molecular weight is 278 g/mol. The molecule has 0 radical (unpaired) electrons. The van der Waals surface area contributed by atoms with Crippen molar-refractivity contribution < 1.29 is 4.79 Å². The first-order valence-electron chi connectivity index (χ1n) is 7.30. The number of ketones is 1. The second-order valence-corrected chi connectivity index (χ2v) is 5.23. The minimum Gasteiger partial charge on any atom is -0.292 e. The van der Waals surface area contributed by atoms with Crippen molar-refractivity contribution >= 4 is 16.7 Å². The van der Waals surface area contributed by atoms with Gasteiger partial charge in [0.1, 0.15) is 6.54 Å². The van der Waals surface area contributed by atoms with E-state index in [1.54, 1.807) is 10.9 Å². The van der Waals surface area contributed by atoms with E-state index in [4.69, 9.17) is 0 Å². The van der Waals surface area contributed by atoms with Crippen LogP contribution in [0.4, 0.5) is 0 Å². The molecular formula is C18H18N2O. The highest BCUT2D eigenvalue weighted by Gasteiger charge is 2.09. The monoisotopic (exact) mass is 278 g/mol. The van der Waals surface area contributed by atoms with Crippen LogP contribution in [0.1, 0.15) is 29.3 Å². The third-order valence-electron chi connectivity index (χ3n) is 3.66. The summed E-state index contributed by atoms with van der Waals surface area (Å²) in [4.78, 5) is 12.4. The van der Waals surface area contributed by atoms with Gasteiger partial charge in [-0.15, -0.1) is 0 Å². The van der Waals surface area contributed by atoms with E-state index in [2.05, 4.69) is 12.0 Å². The van der Waals surface area contributed by atoms with Crippen molar-refractivity contribution in [2.45, 2.75) is 26.3 Å². The van der Waals surface area contributed by atoms with Crippen molar-refractivity contribution in [3.8, 4) is 0 Å². The van der Waals surface area contributed by atoms with Crippen LogP contribution in [0.5, 0.6) is 0 Å². The van der Waals surface area contributed by atoms with E-state index in [9.17, 15) is 4.79 Å². The Labute approximate surface area is 124 Å². The van der Waals surface area contributed by atoms with Gasteiger partial charge >= 0.3 is 0 Å². The number of hydrogen-bond donors (Lipinski definition) is 0. The van der Waals surface area contributed by atoms with Crippen molar-refractivity contribution in [1.82, 2.24) is 9.78 Å². The highest BCUT2D eigenvalue weighted by molar-refractivity contribution is 5.96. The second-order valence-electron chi connectivity index (χ2n) is 5.23. The van der Waals surface area contributed by atoms with Crippen LogP contribution in [0.25, 0.3) is 10.9 Å². The van der Waals surface area contributed by atoms with Crippen LogP contribution in [-0.4, -0.2) is 15.6 Å². The third-order valence-corrected chi connectivity index (χ3v) is 3.66. The van der Waals surface area contributed by atoms with E-state index >= 15 is 0 Å². The number of Topliss-reactive ketones (excluding diaryl/α,β-unsaturated/α-hetero) is 1. The summed E-state index contributed by atoms with van der Waals surface area (Å²) in [5.41, 5.74) is 3.02. The van der Waals surface area contributed by atoms with E-state index in [0.29, 0.717) is 0 Å². The molecule has 0 fully saturated rings. The van der Waals surface area contributed by atoms with Crippen molar-refractivity contribution in [3.05, 3.63) is 65.9 Å². The molecule has 0 saturated heterocycles. The fraction of sp³-hybridized carbons (Fsp3) is 0.222. The second kappa shape index (κ2) is 5.92. The van der Waals surface area contributed by atoms with Gasteiger partial charge in [-0.1, -0.05) is 55.8 Å². The lowest BCUT2D eigenvalue weighted by Gasteiger charge is -2.05. The highest BCUT2D eigenvalue weighted by Crippen LogP contribution is 2.14. The molecular weight excluding hydrogens is 260 g/mol. The summed E-state index contributed by atoms with van der Waals surface area (Å²) in [5, 5.41) is 5.36. The molecule has 1 aromatic heterocycles. The van der Waals surface area contributed by atoms with E-state index < -0.39 is 0 Å². The molecule has 21 heavy (non-hydrogen) atoms. The lowest BCUT2D eigenvalue weighted by Crippen LogP contribution is -2.11. The fourth-order valence-electron chi connectivity index (χ4n) is 2.53. The first kappa shape index (κ1) is 13.6. The predicted octanol–water partition coefficient (Wildman–Crippen LogP) is 3.87. The Morgan fingerprint density at radius 3 is 2.62 bits per heavy atom. The van der Waals surface area contributed by atoms with Gasteiger partial charge in [0.25, 0.3) is 0 Å². The number of aromatic nitrogens is 2. The Balaban J connectivity index is 1.79. The number of aryl methyl sites for hydroxylation is 1. The van der Waals surface area contributed by atoms with Crippen LogP contribution in [0, 0.1) is 0 Å². The normalized spacial score (nSPS) is 10.9. The van der Waals surface area contributed by atoms with Crippen LogP contribution in [-0.2, 0) is 13.0 Å². The summed E-state index contributed by atoms with van der Waals surface area (Å²) < 4.78 is 1.76. The molecule has 106 valence electrons. The molecule has 0 saturated carbocycles. The number of nitrogens with zero attached hydrogens (tertiary/aromatic N) is 2. The van der Waals surface area contributed by atoms with Crippen molar-refractivity contribution in [1.29, 1.82) is 0 Å². The lowest BCUT2D eigenvalue weighted by molar-refractivity contribution is 0.0969. The van der Waals surface area contributed by atoms with Gasteiger partial charge in [-0.3, -0.25) is 9.48 Å². The maximum absolute atomic E-state index is 12.4. The molecule has 0 atom stereocenters. The molecule has 0 spiro atoms. The van der Waals surface area contributed by atoms with Gasteiger partial charge in [0.05, 0.1) is 11.7 Å². The zero-order valence-corrected chi connectivity index (χ0v) is 12.1. The van der Waals surface area contributed by atoms with E-state index in [-0.39, 0.29) is 12.3 Å². The Morgan fingerprint density at radius 1 is 1.10 bits per heavy atom. The molecule has 3 rings (SSSR count). The molecule has 3 aromatic rings. The summed E-state index contributed by atoms with van der Waals surface area (Å²) in [6.07, 6.45) is 3.97. The molecule has 0 aliphatic rings. The molecule has 0 aliphatic carbocycles. The largest absolute Gasteiger partial charge is 0.292 e. The zero-order chi connectivity index (χ0) is 14.7. The maximum atomic E-state index is 12.4. The van der Waals surface area contributed by atoms with Gasteiger partial charge in [-0.05, 0) is 18.1 Å². The van der Waals surface area contributed by atoms with E-state index in [1.807, 2.05) is 48.5 Å². The molecule has 1 heterocycles. The van der Waals surface area contributed by atoms with Crippen LogP contribution >= 0.6 is 0 Å². The zero-order valence-electron chi connectivity index (χ0n) is 12.1.